The van der Waals surface area contributed by atoms with Crippen molar-refractivity contribution in [1.29, 1.82) is 0 Å². The fourth-order valence-corrected chi connectivity index (χ4v) is 3.44. The van der Waals surface area contributed by atoms with Crippen LogP contribution < -0.4 is 5.32 Å². The average Bonchev–Trinajstić information content (AvgIpc) is 3.09. The van der Waals surface area contributed by atoms with Gasteiger partial charge in [0.1, 0.15) is 11.4 Å². The monoisotopic (exact) mass is 319 g/mol. The van der Waals surface area contributed by atoms with Gasteiger partial charge < -0.3 is 10.4 Å². The first kappa shape index (κ1) is 15.2. The van der Waals surface area contributed by atoms with Crippen molar-refractivity contribution in [3.8, 4) is 0 Å². The van der Waals surface area contributed by atoms with Crippen LogP contribution in [0.15, 0.2) is 41.8 Å². The van der Waals surface area contributed by atoms with Crippen LogP contribution in [0.1, 0.15) is 29.7 Å². The van der Waals surface area contributed by atoms with E-state index in [4.69, 9.17) is 0 Å². The van der Waals surface area contributed by atoms with Gasteiger partial charge in [-0.3, -0.25) is 4.79 Å². The Morgan fingerprint density at radius 2 is 2.27 bits per heavy atom. The van der Waals surface area contributed by atoms with Gasteiger partial charge >= 0.3 is 0 Å². The number of carbonyl (C=O) groups excluding carboxylic acids is 1. The fraction of sp³-hybridized carbons (Fsp3) is 0.353. The molecule has 0 saturated heterocycles. The molecule has 0 aliphatic heterocycles. The van der Waals surface area contributed by atoms with Gasteiger partial charge in [-0.25, -0.2) is 4.39 Å². The first-order chi connectivity index (χ1) is 10.5. The summed E-state index contributed by atoms with van der Waals surface area (Å²) in [5.74, 6) is -0.390. The van der Waals surface area contributed by atoms with E-state index in [9.17, 15) is 14.3 Å². The van der Waals surface area contributed by atoms with Gasteiger partial charge in [-0.05, 0) is 48.4 Å². The molecule has 1 aliphatic carbocycles. The molecule has 22 heavy (non-hydrogen) atoms. The second-order valence-electron chi connectivity index (χ2n) is 5.97. The van der Waals surface area contributed by atoms with Crippen LogP contribution in [0.4, 0.5) is 4.39 Å². The Hall–Kier alpha value is -1.72. The number of halogens is 1. The van der Waals surface area contributed by atoms with Gasteiger partial charge in [0, 0.05) is 10.8 Å². The quantitative estimate of drug-likeness (QED) is 0.890. The molecule has 3 nitrogen and oxygen atoms in total. The molecule has 5 heteroatoms. The van der Waals surface area contributed by atoms with Crippen molar-refractivity contribution in [3.05, 3.63) is 58.0 Å². The van der Waals surface area contributed by atoms with E-state index in [-0.39, 0.29) is 30.1 Å². The minimum absolute atomic E-state index is 0.0777. The summed E-state index contributed by atoms with van der Waals surface area (Å²) in [6.07, 6.45) is 0.733. The summed E-state index contributed by atoms with van der Waals surface area (Å²) < 4.78 is 13.2. The van der Waals surface area contributed by atoms with Crippen LogP contribution in [0.25, 0.3) is 0 Å². The lowest BCUT2D eigenvalue weighted by Crippen LogP contribution is -2.38. The highest BCUT2D eigenvalue weighted by atomic mass is 32.1. The zero-order chi connectivity index (χ0) is 15.7. The van der Waals surface area contributed by atoms with Crippen molar-refractivity contribution >= 4 is 17.2 Å². The Kier molecular flexibility index (Phi) is 4.02. The zero-order valence-corrected chi connectivity index (χ0v) is 13.1. The molecule has 1 saturated carbocycles. The lowest BCUT2D eigenvalue weighted by molar-refractivity contribution is -0.123. The number of amides is 1. The number of thiophene rings is 1. The molecule has 1 amide bonds. The molecule has 116 valence electrons. The van der Waals surface area contributed by atoms with Gasteiger partial charge in [0.25, 0.3) is 0 Å². The van der Waals surface area contributed by atoms with E-state index in [1.165, 1.54) is 23.5 Å². The maximum Gasteiger partial charge on any atom is 0.223 e. The summed E-state index contributed by atoms with van der Waals surface area (Å²) in [5.41, 5.74) is -0.197. The summed E-state index contributed by atoms with van der Waals surface area (Å²) in [6, 6.07) is 10.1. The maximum absolute atomic E-state index is 13.2. The highest BCUT2D eigenvalue weighted by Crippen LogP contribution is 2.47. The molecule has 2 aromatic rings. The molecule has 1 fully saturated rings. The smallest absolute Gasteiger partial charge is 0.223 e. The molecule has 3 unspecified atom stereocenters. The van der Waals surface area contributed by atoms with Gasteiger partial charge in [0.2, 0.25) is 5.91 Å². The largest absolute Gasteiger partial charge is 0.383 e. The third-order valence-electron chi connectivity index (χ3n) is 4.06. The molecule has 0 bridgehead atoms. The molecule has 0 radical (unpaired) electrons. The topological polar surface area (TPSA) is 49.3 Å². The van der Waals surface area contributed by atoms with Gasteiger partial charge in [-0.2, -0.15) is 0 Å². The number of rotatable bonds is 5. The van der Waals surface area contributed by atoms with Crippen molar-refractivity contribution in [3.63, 3.8) is 0 Å². The van der Waals surface area contributed by atoms with E-state index in [2.05, 4.69) is 5.32 Å². The van der Waals surface area contributed by atoms with Crippen LogP contribution in [-0.2, 0) is 10.4 Å². The molecule has 1 heterocycles. The Balaban J connectivity index is 1.56. The van der Waals surface area contributed by atoms with E-state index in [0.717, 1.165) is 16.9 Å². The Morgan fingerprint density at radius 1 is 1.45 bits per heavy atom. The average molecular weight is 319 g/mol. The molecule has 2 N–H and O–H groups in total. The van der Waals surface area contributed by atoms with Gasteiger partial charge in [0.05, 0.1) is 6.54 Å². The summed E-state index contributed by atoms with van der Waals surface area (Å²) >= 11 is 1.46. The number of nitrogens with one attached hydrogen (secondary N) is 1. The van der Waals surface area contributed by atoms with E-state index in [1.807, 2.05) is 23.6 Å². The summed E-state index contributed by atoms with van der Waals surface area (Å²) in [5, 5.41) is 15.1. The molecule has 3 rings (SSSR count). The lowest BCUT2D eigenvalue weighted by atomic mass is 10.0. The van der Waals surface area contributed by atoms with Crippen LogP contribution in [-0.4, -0.2) is 17.6 Å². The van der Waals surface area contributed by atoms with Crippen molar-refractivity contribution < 1.29 is 14.3 Å². The van der Waals surface area contributed by atoms with Gasteiger partial charge in [0.15, 0.2) is 0 Å². The number of hydrogen-bond acceptors (Lipinski definition) is 3. The molecular weight excluding hydrogens is 301 g/mol. The van der Waals surface area contributed by atoms with Crippen molar-refractivity contribution in [1.82, 2.24) is 5.32 Å². The second-order valence-corrected chi connectivity index (χ2v) is 6.92. The first-order valence-electron chi connectivity index (χ1n) is 7.27. The zero-order valence-electron chi connectivity index (χ0n) is 12.3. The number of carbonyl (C=O) groups is 1. The van der Waals surface area contributed by atoms with Crippen LogP contribution in [0.2, 0.25) is 0 Å². The van der Waals surface area contributed by atoms with Crippen LogP contribution in [0.3, 0.4) is 0 Å². The predicted molar refractivity (Wildman–Crippen MR) is 84.1 cm³/mol. The van der Waals surface area contributed by atoms with Gasteiger partial charge in [-0.15, -0.1) is 11.3 Å². The third-order valence-corrected chi connectivity index (χ3v) is 5.19. The van der Waals surface area contributed by atoms with Crippen LogP contribution >= 0.6 is 11.3 Å². The highest BCUT2D eigenvalue weighted by Gasteiger charge is 2.44. The van der Waals surface area contributed by atoms with E-state index >= 15 is 0 Å². The van der Waals surface area contributed by atoms with E-state index in [0.29, 0.717) is 0 Å². The predicted octanol–water partition coefficient (Wildman–Crippen LogP) is 3.01. The Labute approximate surface area is 132 Å². The van der Waals surface area contributed by atoms with E-state index in [1.54, 1.807) is 13.0 Å². The van der Waals surface area contributed by atoms with Gasteiger partial charge in [-0.1, -0.05) is 18.2 Å². The Morgan fingerprint density at radius 3 is 2.95 bits per heavy atom. The number of aliphatic hydroxyl groups is 1. The van der Waals surface area contributed by atoms with Crippen molar-refractivity contribution in [2.75, 3.05) is 6.54 Å². The minimum atomic E-state index is -1.06. The first-order valence-corrected chi connectivity index (χ1v) is 8.15. The van der Waals surface area contributed by atoms with Crippen LogP contribution in [0.5, 0.6) is 0 Å². The summed E-state index contributed by atoms with van der Waals surface area (Å²) in [4.78, 5) is 13.0. The second kappa shape index (κ2) is 5.82. The number of benzene rings is 1. The highest BCUT2D eigenvalue weighted by molar-refractivity contribution is 7.10. The molecular formula is C17H18FNO2S. The normalized spacial score (nSPS) is 22.9. The molecule has 1 aromatic carbocycles. The summed E-state index contributed by atoms with van der Waals surface area (Å²) in [6.45, 7) is 1.87. The standard InChI is InChI=1S/C17H18FNO2S/c1-17(21,15-6-3-7-22-15)10-19-16(20)14-9-13(14)11-4-2-5-12(18)8-11/h2-8,13-14,21H,9-10H2,1H3,(H,19,20). The van der Waals surface area contributed by atoms with Crippen molar-refractivity contribution in [2.45, 2.75) is 24.9 Å². The molecule has 0 spiro atoms. The molecule has 1 aromatic heterocycles. The fourth-order valence-electron chi connectivity index (χ4n) is 2.65. The number of hydrogen-bond donors (Lipinski definition) is 2. The third kappa shape index (κ3) is 3.20. The van der Waals surface area contributed by atoms with E-state index < -0.39 is 5.60 Å². The SMILES string of the molecule is CC(O)(CNC(=O)C1CC1c1cccc(F)c1)c1cccs1. The molecule has 1 aliphatic rings. The maximum atomic E-state index is 13.2. The Bertz CT molecular complexity index is 669. The van der Waals surface area contributed by atoms with Crippen molar-refractivity contribution in [2.24, 2.45) is 5.92 Å². The summed E-state index contributed by atoms with van der Waals surface area (Å²) in [7, 11) is 0. The lowest BCUT2D eigenvalue weighted by Gasteiger charge is -2.22. The molecule has 3 atom stereocenters. The minimum Gasteiger partial charge on any atom is -0.383 e. The van der Waals surface area contributed by atoms with Crippen LogP contribution in [0, 0.1) is 11.7 Å².